The van der Waals surface area contributed by atoms with Gasteiger partial charge in [-0.3, -0.25) is 9.69 Å². The third-order valence-corrected chi connectivity index (χ3v) is 3.68. The van der Waals surface area contributed by atoms with Gasteiger partial charge in [0.2, 0.25) is 0 Å². The molecule has 5 heteroatoms. The molecule has 1 heterocycles. The zero-order valence-corrected chi connectivity index (χ0v) is 12.9. The van der Waals surface area contributed by atoms with E-state index >= 15 is 0 Å². The predicted octanol–water partition coefficient (Wildman–Crippen LogP) is 2.57. The fraction of sp³-hybridized carbons (Fsp3) is 0.533. The second-order valence-corrected chi connectivity index (χ2v) is 5.35. The fourth-order valence-corrected chi connectivity index (χ4v) is 2.50. The molecule has 0 aliphatic carbocycles. The molecule has 1 aliphatic heterocycles. The Morgan fingerprint density at radius 2 is 2.15 bits per heavy atom. The van der Waals surface area contributed by atoms with E-state index in [0.717, 1.165) is 0 Å². The number of carboxylic acids is 1. The van der Waals surface area contributed by atoms with Gasteiger partial charge in [-0.1, -0.05) is 23.8 Å². The number of nitrogens with zero attached hydrogens (tertiary/aromatic N) is 1. The molecular formula is C15H22ClNO3. The van der Waals surface area contributed by atoms with Crippen LogP contribution in [0.25, 0.3) is 0 Å². The summed E-state index contributed by atoms with van der Waals surface area (Å²) in [7, 11) is 0. The molecule has 1 aromatic carbocycles. The van der Waals surface area contributed by atoms with Crippen molar-refractivity contribution in [2.45, 2.75) is 32.9 Å². The molecule has 0 bridgehead atoms. The molecule has 20 heavy (non-hydrogen) atoms. The lowest BCUT2D eigenvalue weighted by molar-refractivity contribution is -0.142. The summed E-state index contributed by atoms with van der Waals surface area (Å²) >= 11 is 0. The van der Waals surface area contributed by atoms with Gasteiger partial charge in [-0.15, -0.1) is 12.4 Å². The van der Waals surface area contributed by atoms with Crippen LogP contribution in [0.5, 0.6) is 0 Å². The van der Waals surface area contributed by atoms with Gasteiger partial charge in [0.1, 0.15) is 0 Å². The van der Waals surface area contributed by atoms with E-state index in [0.29, 0.717) is 13.2 Å². The fourth-order valence-electron chi connectivity index (χ4n) is 2.50. The standard InChI is InChI=1S/C15H21NO3.ClH/c1-10-4-5-11(2)13(6-10)14-7-16(8-15(17)18)12(3)9-19-14;/h4-6,12,14H,7-9H2,1-3H3,(H,17,18);1H. The monoisotopic (exact) mass is 299 g/mol. The van der Waals surface area contributed by atoms with Crippen molar-refractivity contribution in [3.8, 4) is 0 Å². The maximum Gasteiger partial charge on any atom is 0.317 e. The molecule has 1 aliphatic rings. The molecule has 112 valence electrons. The van der Waals surface area contributed by atoms with Crippen molar-refractivity contribution < 1.29 is 14.6 Å². The minimum atomic E-state index is -0.784. The van der Waals surface area contributed by atoms with Gasteiger partial charge in [0.05, 0.1) is 19.3 Å². The summed E-state index contributed by atoms with van der Waals surface area (Å²) in [5.41, 5.74) is 3.57. The highest BCUT2D eigenvalue weighted by Gasteiger charge is 2.29. The number of aryl methyl sites for hydroxylation is 2. The summed E-state index contributed by atoms with van der Waals surface area (Å²) in [6.07, 6.45) is -0.0320. The minimum Gasteiger partial charge on any atom is -0.480 e. The second kappa shape index (κ2) is 7.07. The van der Waals surface area contributed by atoms with E-state index in [2.05, 4.69) is 32.0 Å². The zero-order chi connectivity index (χ0) is 14.0. The molecular weight excluding hydrogens is 278 g/mol. The van der Waals surface area contributed by atoms with Gasteiger partial charge in [-0.25, -0.2) is 0 Å². The number of ether oxygens (including phenoxy) is 1. The van der Waals surface area contributed by atoms with E-state index in [1.165, 1.54) is 16.7 Å². The smallest absolute Gasteiger partial charge is 0.317 e. The van der Waals surface area contributed by atoms with Crippen molar-refractivity contribution in [3.05, 3.63) is 34.9 Å². The van der Waals surface area contributed by atoms with Crippen LogP contribution in [0.4, 0.5) is 0 Å². The highest BCUT2D eigenvalue weighted by molar-refractivity contribution is 5.85. The van der Waals surface area contributed by atoms with Crippen LogP contribution in [0.1, 0.15) is 29.7 Å². The Morgan fingerprint density at radius 3 is 2.80 bits per heavy atom. The molecule has 1 aromatic rings. The number of hydrogen-bond donors (Lipinski definition) is 1. The summed E-state index contributed by atoms with van der Waals surface area (Å²) < 4.78 is 5.89. The number of rotatable bonds is 3. The molecule has 1 N–H and O–H groups in total. The summed E-state index contributed by atoms with van der Waals surface area (Å²) in [4.78, 5) is 12.9. The van der Waals surface area contributed by atoms with Gasteiger partial charge >= 0.3 is 5.97 Å². The van der Waals surface area contributed by atoms with Crippen LogP contribution in [-0.2, 0) is 9.53 Å². The summed E-state index contributed by atoms with van der Waals surface area (Å²) in [5.74, 6) is -0.784. The van der Waals surface area contributed by atoms with Gasteiger partial charge in [0.25, 0.3) is 0 Å². The Kier molecular flexibility index (Phi) is 5.99. The molecule has 0 radical (unpaired) electrons. The van der Waals surface area contributed by atoms with Gasteiger partial charge < -0.3 is 9.84 Å². The summed E-state index contributed by atoms with van der Waals surface area (Å²) in [6.45, 7) is 7.42. The Hall–Kier alpha value is -1.10. The molecule has 0 spiro atoms. The third kappa shape index (κ3) is 3.95. The number of halogens is 1. The SMILES string of the molecule is Cc1ccc(C)c(C2CN(CC(=O)O)C(C)CO2)c1.Cl. The number of morpholine rings is 1. The van der Waals surface area contributed by atoms with E-state index < -0.39 is 5.97 Å². The molecule has 2 atom stereocenters. The van der Waals surface area contributed by atoms with Crippen LogP contribution in [0.3, 0.4) is 0 Å². The first-order valence-corrected chi connectivity index (χ1v) is 6.62. The van der Waals surface area contributed by atoms with Crippen molar-refractivity contribution in [3.63, 3.8) is 0 Å². The number of benzene rings is 1. The number of hydrogen-bond acceptors (Lipinski definition) is 3. The Bertz CT molecular complexity index is 478. The molecule has 0 saturated carbocycles. The van der Waals surface area contributed by atoms with Crippen molar-refractivity contribution in [1.29, 1.82) is 0 Å². The van der Waals surface area contributed by atoms with E-state index in [9.17, 15) is 4.79 Å². The summed E-state index contributed by atoms with van der Waals surface area (Å²) in [5, 5.41) is 8.96. The first-order chi connectivity index (χ1) is 8.97. The first kappa shape index (κ1) is 17.0. The number of carboxylic acid groups (broad SMARTS) is 1. The van der Waals surface area contributed by atoms with Crippen LogP contribution >= 0.6 is 12.4 Å². The van der Waals surface area contributed by atoms with Crippen LogP contribution in [0, 0.1) is 13.8 Å². The predicted molar refractivity (Wildman–Crippen MR) is 80.5 cm³/mol. The van der Waals surface area contributed by atoms with E-state index in [-0.39, 0.29) is 31.1 Å². The normalized spacial score (nSPS) is 23.1. The van der Waals surface area contributed by atoms with E-state index in [4.69, 9.17) is 9.84 Å². The van der Waals surface area contributed by atoms with Crippen molar-refractivity contribution in [2.24, 2.45) is 0 Å². The van der Waals surface area contributed by atoms with Crippen LogP contribution in [0.2, 0.25) is 0 Å². The largest absolute Gasteiger partial charge is 0.480 e. The van der Waals surface area contributed by atoms with Gasteiger partial charge in [0, 0.05) is 12.6 Å². The van der Waals surface area contributed by atoms with Crippen molar-refractivity contribution >= 4 is 18.4 Å². The van der Waals surface area contributed by atoms with Crippen LogP contribution in [0.15, 0.2) is 18.2 Å². The number of aliphatic carboxylic acids is 1. The molecule has 1 saturated heterocycles. The minimum absolute atomic E-state index is 0. The lowest BCUT2D eigenvalue weighted by Crippen LogP contribution is -2.47. The lowest BCUT2D eigenvalue weighted by atomic mass is 9.99. The zero-order valence-electron chi connectivity index (χ0n) is 12.1. The third-order valence-electron chi connectivity index (χ3n) is 3.68. The maximum absolute atomic E-state index is 10.9. The van der Waals surface area contributed by atoms with Gasteiger partial charge in [0.15, 0.2) is 0 Å². The average Bonchev–Trinajstić information content (AvgIpc) is 2.34. The van der Waals surface area contributed by atoms with E-state index in [1.807, 2.05) is 11.8 Å². The first-order valence-electron chi connectivity index (χ1n) is 6.62. The van der Waals surface area contributed by atoms with Gasteiger partial charge in [-0.05, 0) is 31.9 Å². The highest BCUT2D eigenvalue weighted by atomic mass is 35.5. The molecule has 4 nitrogen and oxygen atoms in total. The highest BCUT2D eigenvalue weighted by Crippen LogP contribution is 2.27. The van der Waals surface area contributed by atoms with E-state index in [1.54, 1.807) is 0 Å². The molecule has 2 rings (SSSR count). The van der Waals surface area contributed by atoms with Gasteiger partial charge in [-0.2, -0.15) is 0 Å². The Balaban J connectivity index is 0.00000200. The molecule has 0 aromatic heterocycles. The topological polar surface area (TPSA) is 49.8 Å². The van der Waals surface area contributed by atoms with Crippen LogP contribution < -0.4 is 0 Å². The summed E-state index contributed by atoms with van der Waals surface area (Å²) in [6, 6.07) is 6.46. The van der Waals surface area contributed by atoms with Crippen molar-refractivity contribution in [2.75, 3.05) is 19.7 Å². The Morgan fingerprint density at radius 1 is 1.45 bits per heavy atom. The van der Waals surface area contributed by atoms with Crippen LogP contribution in [-0.4, -0.2) is 41.7 Å². The second-order valence-electron chi connectivity index (χ2n) is 5.35. The molecule has 1 fully saturated rings. The average molecular weight is 300 g/mol. The Labute approximate surface area is 126 Å². The lowest BCUT2D eigenvalue weighted by Gasteiger charge is -2.37. The van der Waals surface area contributed by atoms with Crippen molar-refractivity contribution in [1.82, 2.24) is 4.90 Å². The quantitative estimate of drug-likeness (QED) is 0.932. The molecule has 0 amide bonds. The molecule has 2 unspecified atom stereocenters. The maximum atomic E-state index is 10.9. The number of carbonyl (C=O) groups is 1.